The van der Waals surface area contributed by atoms with Crippen LogP contribution in [-0.4, -0.2) is 38.9 Å². The molecule has 0 radical (unpaired) electrons. The van der Waals surface area contributed by atoms with Crippen molar-refractivity contribution in [2.24, 2.45) is 5.92 Å². The summed E-state index contributed by atoms with van der Waals surface area (Å²) in [6, 6.07) is 10.9. The summed E-state index contributed by atoms with van der Waals surface area (Å²) in [6.07, 6.45) is 8.39. The van der Waals surface area contributed by atoms with Crippen LogP contribution < -0.4 is 0 Å². The Morgan fingerprint density at radius 3 is 2.17 bits per heavy atom. The van der Waals surface area contributed by atoms with Gasteiger partial charge in [0.1, 0.15) is 5.83 Å². The third-order valence-electron chi connectivity index (χ3n) is 5.77. The molecule has 2 aromatic rings. The number of nitro groups is 1. The Bertz CT molecular complexity index is 869. The Morgan fingerprint density at radius 1 is 1.07 bits per heavy atom. The summed E-state index contributed by atoms with van der Waals surface area (Å²) in [4.78, 5) is 21.6. The maximum atomic E-state index is 14.5. The van der Waals surface area contributed by atoms with E-state index >= 15 is 0 Å². The molecule has 1 saturated heterocycles. The highest BCUT2D eigenvalue weighted by molar-refractivity contribution is 5.30. The molecule has 6 nitrogen and oxygen atoms in total. The molecule has 150 valence electrons. The second-order valence-corrected chi connectivity index (χ2v) is 7.50. The highest BCUT2D eigenvalue weighted by atomic mass is 19.1. The van der Waals surface area contributed by atoms with E-state index in [1.54, 1.807) is 18.5 Å². The van der Waals surface area contributed by atoms with Gasteiger partial charge in [0.25, 0.3) is 0 Å². The Morgan fingerprint density at radius 2 is 1.69 bits per heavy atom. The highest BCUT2D eigenvalue weighted by Crippen LogP contribution is 2.38. The summed E-state index contributed by atoms with van der Waals surface area (Å²) >= 11 is 0. The molecule has 0 spiro atoms. The highest BCUT2D eigenvalue weighted by Gasteiger charge is 2.33. The van der Waals surface area contributed by atoms with Crippen LogP contribution in [0.15, 0.2) is 72.5 Å². The number of hydrogen-bond acceptors (Lipinski definition) is 5. The van der Waals surface area contributed by atoms with Gasteiger partial charge in [-0.2, -0.15) is 0 Å². The summed E-state index contributed by atoms with van der Waals surface area (Å²) in [6.45, 7) is 1.41. The second-order valence-electron chi connectivity index (χ2n) is 7.50. The number of hydrogen-bond donors (Lipinski definition) is 0. The molecule has 2 aliphatic rings. The van der Waals surface area contributed by atoms with E-state index in [4.69, 9.17) is 0 Å². The lowest BCUT2D eigenvalue weighted by Gasteiger charge is -2.38. The molecule has 7 heteroatoms. The Labute approximate surface area is 168 Å². The number of allylic oxidation sites excluding steroid dienone is 1. The quantitative estimate of drug-likeness (QED) is 0.564. The van der Waals surface area contributed by atoms with Crippen molar-refractivity contribution in [3.05, 3.63) is 94.0 Å². The van der Waals surface area contributed by atoms with Gasteiger partial charge in [-0.3, -0.25) is 20.1 Å². The molecule has 2 aromatic heterocycles. The van der Waals surface area contributed by atoms with Gasteiger partial charge in [0.2, 0.25) is 6.04 Å². The fraction of sp³-hybridized carbons (Fsp3) is 0.364. The zero-order valence-corrected chi connectivity index (χ0v) is 16.0. The van der Waals surface area contributed by atoms with E-state index in [-0.39, 0.29) is 12.3 Å². The van der Waals surface area contributed by atoms with Crippen molar-refractivity contribution in [1.29, 1.82) is 0 Å². The minimum absolute atomic E-state index is 0.0964. The van der Waals surface area contributed by atoms with Crippen molar-refractivity contribution in [2.75, 3.05) is 13.1 Å². The molecule has 0 amide bonds. The lowest BCUT2D eigenvalue weighted by Crippen LogP contribution is -2.37. The van der Waals surface area contributed by atoms with E-state index in [1.165, 1.54) is 0 Å². The van der Waals surface area contributed by atoms with Crippen LogP contribution >= 0.6 is 0 Å². The zero-order valence-electron chi connectivity index (χ0n) is 16.0. The Hall–Kier alpha value is -3.09. The number of aromatic nitrogens is 2. The van der Waals surface area contributed by atoms with E-state index < -0.39 is 16.8 Å². The van der Waals surface area contributed by atoms with Gasteiger partial charge in [0, 0.05) is 60.2 Å². The number of piperidine rings is 1. The fourth-order valence-electron chi connectivity index (χ4n) is 4.31. The molecule has 0 saturated carbocycles. The van der Waals surface area contributed by atoms with Crippen LogP contribution in [0.25, 0.3) is 0 Å². The van der Waals surface area contributed by atoms with Crippen LogP contribution in [0.4, 0.5) is 4.39 Å². The summed E-state index contributed by atoms with van der Waals surface area (Å²) in [5.41, 5.74) is 2.50. The van der Waals surface area contributed by atoms with Gasteiger partial charge in [-0.05, 0) is 43.0 Å². The maximum absolute atomic E-state index is 14.5. The largest absolute Gasteiger partial charge is 0.369 e. The van der Waals surface area contributed by atoms with Gasteiger partial charge >= 0.3 is 0 Å². The van der Waals surface area contributed by atoms with E-state index in [0.717, 1.165) is 30.3 Å². The van der Waals surface area contributed by atoms with Crippen molar-refractivity contribution in [2.45, 2.75) is 31.2 Å². The standard InChI is InChI=1S/C22H23FN4O2/c23-18-15-17(27(28)29)7-8-21(18)26-13-9-16(10-14-26)22(19-5-1-3-11-24-19)20-6-2-4-12-25-20/h1-6,8,11-12,15-17,22H,7,9-10,13-14H2. The molecule has 3 heterocycles. The molecule has 1 unspecified atom stereocenters. The average Bonchev–Trinajstić information content (AvgIpc) is 2.76. The molecular formula is C22H23FN4O2. The molecule has 0 aromatic carbocycles. The number of halogens is 1. The van der Waals surface area contributed by atoms with Crippen molar-refractivity contribution >= 4 is 0 Å². The normalized spacial score (nSPS) is 20.3. The Balaban J connectivity index is 1.49. The van der Waals surface area contributed by atoms with Crippen molar-refractivity contribution in [3.63, 3.8) is 0 Å². The molecule has 1 atom stereocenters. The van der Waals surface area contributed by atoms with Crippen LogP contribution in [0.1, 0.15) is 36.6 Å². The lowest BCUT2D eigenvalue weighted by molar-refractivity contribution is -0.508. The molecule has 29 heavy (non-hydrogen) atoms. The fourth-order valence-corrected chi connectivity index (χ4v) is 4.31. The zero-order chi connectivity index (χ0) is 20.2. The van der Waals surface area contributed by atoms with Crippen molar-refractivity contribution < 1.29 is 9.31 Å². The van der Waals surface area contributed by atoms with E-state index in [0.29, 0.717) is 24.7 Å². The van der Waals surface area contributed by atoms with E-state index in [1.807, 2.05) is 41.3 Å². The van der Waals surface area contributed by atoms with Gasteiger partial charge in [-0.25, -0.2) is 4.39 Å². The van der Waals surface area contributed by atoms with Gasteiger partial charge in [0.15, 0.2) is 0 Å². The van der Waals surface area contributed by atoms with Gasteiger partial charge in [-0.15, -0.1) is 0 Å². The van der Waals surface area contributed by atoms with Gasteiger partial charge in [-0.1, -0.05) is 18.2 Å². The first-order chi connectivity index (χ1) is 14.1. The van der Waals surface area contributed by atoms with Crippen LogP contribution in [0.2, 0.25) is 0 Å². The average molecular weight is 394 g/mol. The second kappa shape index (κ2) is 8.51. The summed E-state index contributed by atoms with van der Waals surface area (Å²) in [5, 5.41) is 10.9. The van der Waals surface area contributed by atoms with Crippen molar-refractivity contribution in [3.8, 4) is 0 Å². The van der Waals surface area contributed by atoms with Gasteiger partial charge < -0.3 is 4.90 Å². The first kappa shape index (κ1) is 19.2. The first-order valence-corrected chi connectivity index (χ1v) is 9.91. The lowest BCUT2D eigenvalue weighted by atomic mass is 9.79. The number of pyridine rings is 2. The maximum Gasteiger partial charge on any atom is 0.237 e. The van der Waals surface area contributed by atoms with E-state index in [2.05, 4.69) is 9.97 Å². The van der Waals surface area contributed by atoms with Crippen LogP contribution in [0, 0.1) is 16.0 Å². The summed E-state index contributed by atoms with van der Waals surface area (Å²) in [5.74, 6) is -0.0413. The summed E-state index contributed by atoms with van der Waals surface area (Å²) in [7, 11) is 0. The van der Waals surface area contributed by atoms with Crippen LogP contribution in [0.3, 0.4) is 0 Å². The molecule has 0 bridgehead atoms. The van der Waals surface area contributed by atoms with Crippen LogP contribution in [-0.2, 0) is 0 Å². The SMILES string of the molecule is O=[N+]([O-])C1C=C(F)C(N2CCC(C(c3ccccn3)c3ccccn3)CC2)=CC1. The predicted molar refractivity (Wildman–Crippen MR) is 107 cm³/mol. The molecule has 1 fully saturated rings. The molecule has 1 aliphatic heterocycles. The minimum atomic E-state index is -0.964. The smallest absolute Gasteiger partial charge is 0.237 e. The monoisotopic (exact) mass is 394 g/mol. The first-order valence-electron chi connectivity index (χ1n) is 9.91. The predicted octanol–water partition coefficient (Wildman–Crippen LogP) is 4.11. The molecule has 0 N–H and O–H groups in total. The summed E-state index contributed by atoms with van der Waals surface area (Å²) < 4.78 is 14.5. The molecular weight excluding hydrogens is 371 g/mol. The third-order valence-corrected chi connectivity index (χ3v) is 5.77. The molecule has 4 rings (SSSR count). The Kier molecular flexibility index (Phi) is 5.64. The number of rotatable bonds is 5. The topological polar surface area (TPSA) is 72.2 Å². The number of nitrogens with zero attached hydrogens (tertiary/aromatic N) is 4. The third kappa shape index (κ3) is 4.18. The van der Waals surface area contributed by atoms with Crippen molar-refractivity contribution in [1.82, 2.24) is 14.9 Å². The van der Waals surface area contributed by atoms with Gasteiger partial charge in [0.05, 0.1) is 5.70 Å². The van der Waals surface area contributed by atoms with Crippen LogP contribution in [0.5, 0.6) is 0 Å². The molecule has 1 aliphatic carbocycles. The minimum Gasteiger partial charge on any atom is -0.369 e. The number of likely N-dealkylation sites (tertiary alicyclic amines) is 1. The van der Waals surface area contributed by atoms with E-state index in [9.17, 15) is 14.5 Å².